The zero-order valence-electron chi connectivity index (χ0n) is 12.8. The highest BCUT2D eigenvalue weighted by molar-refractivity contribution is 8.00. The number of hydrogen-bond acceptors (Lipinski definition) is 4. The van der Waals surface area contributed by atoms with Crippen LogP contribution in [-0.4, -0.2) is 24.2 Å². The fourth-order valence-corrected chi connectivity index (χ4v) is 2.73. The number of halogens is 2. The highest BCUT2D eigenvalue weighted by Crippen LogP contribution is 2.23. The van der Waals surface area contributed by atoms with Crippen LogP contribution in [-0.2, 0) is 14.3 Å². The first-order chi connectivity index (χ1) is 11.5. The van der Waals surface area contributed by atoms with E-state index < -0.39 is 24.3 Å². The van der Waals surface area contributed by atoms with Crippen LogP contribution in [0.5, 0.6) is 0 Å². The number of rotatable bonds is 6. The van der Waals surface area contributed by atoms with Gasteiger partial charge in [0.25, 0.3) is 5.91 Å². The number of ether oxygens (including phenoxy) is 1. The minimum absolute atomic E-state index is 0.0790. The smallest absolute Gasteiger partial charge is 0.316 e. The van der Waals surface area contributed by atoms with Gasteiger partial charge in [0.05, 0.1) is 5.75 Å². The monoisotopic (exact) mass is 367 g/mol. The largest absolute Gasteiger partial charge is 0.455 e. The van der Waals surface area contributed by atoms with E-state index in [9.17, 15) is 14.0 Å². The first-order valence-corrected chi connectivity index (χ1v) is 8.41. The van der Waals surface area contributed by atoms with Crippen molar-refractivity contribution in [2.45, 2.75) is 11.8 Å². The van der Waals surface area contributed by atoms with E-state index in [1.165, 1.54) is 6.07 Å². The van der Waals surface area contributed by atoms with Gasteiger partial charge < -0.3 is 10.1 Å². The highest BCUT2D eigenvalue weighted by atomic mass is 35.5. The Morgan fingerprint density at radius 2 is 1.96 bits per heavy atom. The average molecular weight is 368 g/mol. The molecule has 0 radical (unpaired) electrons. The van der Waals surface area contributed by atoms with E-state index >= 15 is 0 Å². The zero-order valence-corrected chi connectivity index (χ0v) is 14.4. The number of esters is 1. The Morgan fingerprint density at radius 1 is 1.21 bits per heavy atom. The van der Waals surface area contributed by atoms with E-state index in [4.69, 9.17) is 16.3 Å². The number of anilines is 1. The second-order valence-corrected chi connectivity index (χ2v) is 6.26. The fourth-order valence-electron chi connectivity index (χ4n) is 1.82. The number of nitrogens with one attached hydrogen (secondary N) is 1. The minimum atomic E-state index is -0.596. The van der Waals surface area contributed by atoms with Gasteiger partial charge in [-0.1, -0.05) is 29.8 Å². The van der Waals surface area contributed by atoms with Crippen LogP contribution in [0.4, 0.5) is 10.1 Å². The summed E-state index contributed by atoms with van der Waals surface area (Å²) >= 11 is 6.98. The summed E-state index contributed by atoms with van der Waals surface area (Å²) in [5.74, 6) is -1.54. The number of amides is 1. The summed E-state index contributed by atoms with van der Waals surface area (Å²) in [6.45, 7) is 1.36. The molecule has 2 aromatic carbocycles. The second-order valence-electron chi connectivity index (χ2n) is 4.84. The third-order valence-electron chi connectivity index (χ3n) is 3.09. The Labute approximate surface area is 148 Å². The Balaban J connectivity index is 1.78. The van der Waals surface area contributed by atoms with Gasteiger partial charge in [-0.05, 0) is 36.8 Å². The molecule has 126 valence electrons. The number of carbonyl (C=O) groups excluding carboxylic acids is 2. The van der Waals surface area contributed by atoms with Crippen molar-refractivity contribution in [3.63, 3.8) is 0 Å². The lowest BCUT2D eigenvalue weighted by Gasteiger charge is -2.10. The van der Waals surface area contributed by atoms with E-state index in [-0.39, 0.29) is 5.75 Å². The Hall–Kier alpha value is -2.05. The van der Waals surface area contributed by atoms with Gasteiger partial charge in [0.2, 0.25) is 0 Å². The van der Waals surface area contributed by atoms with Crippen LogP contribution in [0.25, 0.3) is 0 Å². The van der Waals surface area contributed by atoms with Crippen LogP contribution in [0.3, 0.4) is 0 Å². The molecule has 0 aliphatic rings. The Bertz CT molecular complexity index is 754. The predicted molar refractivity (Wildman–Crippen MR) is 92.9 cm³/mol. The third-order valence-corrected chi connectivity index (χ3v) is 4.52. The summed E-state index contributed by atoms with van der Waals surface area (Å²) in [4.78, 5) is 23.8. The molecule has 2 aromatic rings. The van der Waals surface area contributed by atoms with Gasteiger partial charge in [0.1, 0.15) is 5.82 Å². The van der Waals surface area contributed by atoms with Crippen LogP contribution in [0.1, 0.15) is 5.56 Å². The molecule has 0 aliphatic heterocycles. The summed E-state index contributed by atoms with van der Waals surface area (Å²) in [5.41, 5.74) is 1.29. The molecule has 0 fully saturated rings. The van der Waals surface area contributed by atoms with Crippen molar-refractivity contribution in [2.75, 3.05) is 17.7 Å². The molecule has 0 heterocycles. The molecule has 0 spiro atoms. The van der Waals surface area contributed by atoms with Crippen LogP contribution in [0.15, 0.2) is 47.4 Å². The molecule has 0 aromatic heterocycles. The van der Waals surface area contributed by atoms with E-state index in [2.05, 4.69) is 5.32 Å². The molecule has 1 N–H and O–H groups in total. The molecule has 0 saturated heterocycles. The fraction of sp³-hybridized carbons (Fsp3) is 0.176. The molecule has 0 saturated carbocycles. The number of benzene rings is 2. The maximum atomic E-state index is 13.4. The Morgan fingerprint density at radius 3 is 2.71 bits per heavy atom. The van der Waals surface area contributed by atoms with Crippen molar-refractivity contribution in [3.8, 4) is 0 Å². The lowest BCUT2D eigenvalue weighted by Crippen LogP contribution is -2.22. The van der Waals surface area contributed by atoms with Crippen molar-refractivity contribution >= 4 is 40.9 Å². The second kappa shape index (κ2) is 8.70. The molecule has 0 atom stereocenters. The van der Waals surface area contributed by atoms with Crippen LogP contribution < -0.4 is 5.32 Å². The van der Waals surface area contributed by atoms with E-state index in [1.54, 1.807) is 43.3 Å². The minimum Gasteiger partial charge on any atom is -0.455 e. The van der Waals surface area contributed by atoms with Gasteiger partial charge >= 0.3 is 5.97 Å². The van der Waals surface area contributed by atoms with E-state index in [0.29, 0.717) is 15.6 Å². The predicted octanol–water partition coefficient (Wildman–Crippen LogP) is 4.06. The number of thioether (sulfide) groups is 1. The Kier molecular flexibility index (Phi) is 6.63. The molecule has 24 heavy (non-hydrogen) atoms. The van der Waals surface area contributed by atoms with Crippen LogP contribution in [0, 0.1) is 12.7 Å². The summed E-state index contributed by atoms with van der Waals surface area (Å²) in [6.07, 6.45) is 0. The van der Waals surface area contributed by atoms with Gasteiger partial charge in [-0.2, -0.15) is 0 Å². The first-order valence-electron chi connectivity index (χ1n) is 7.05. The molecule has 4 nitrogen and oxygen atoms in total. The standard InChI is InChI=1S/C17H15ClFNO3S/c1-11-12(18)5-4-7-14(11)20-16(21)9-23-17(22)10-24-15-8-3-2-6-13(15)19/h2-8H,9-10H2,1H3,(H,20,21). The molecule has 0 unspecified atom stereocenters. The van der Waals surface area contributed by atoms with Crippen molar-refractivity contribution in [1.29, 1.82) is 0 Å². The quantitative estimate of drug-likeness (QED) is 0.618. The van der Waals surface area contributed by atoms with Gasteiger partial charge in [-0.15, -0.1) is 11.8 Å². The van der Waals surface area contributed by atoms with Gasteiger partial charge in [0, 0.05) is 15.6 Å². The summed E-state index contributed by atoms with van der Waals surface area (Å²) in [6, 6.07) is 11.3. The van der Waals surface area contributed by atoms with Crippen molar-refractivity contribution < 1.29 is 18.7 Å². The van der Waals surface area contributed by atoms with Gasteiger partial charge in [0.15, 0.2) is 6.61 Å². The summed E-state index contributed by atoms with van der Waals surface area (Å²) < 4.78 is 18.3. The SMILES string of the molecule is Cc1c(Cl)cccc1NC(=O)COC(=O)CSc1ccccc1F. The molecule has 0 bridgehead atoms. The highest BCUT2D eigenvalue weighted by Gasteiger charge is 2.11. The molecule has 2 rings (SSSR count). The maximum Gasteiger partial charge on any atom is 0.316 e. The topological polar surface area (TPSA) is 55.4 Å². The molecule has 7 heteroatoms. The average Bonchev–Trinajstić information content (AvgIpc) is 2.56. The van der Waals surface area contributed by atoms with Crippen LogP contribution >= 0.6 is 23.4 Å². The summed E-state index contributed by atoms with van der Waals surface area (Å²) in [5, 5.41) is 3.16. The molecular weight excluding hydrogens is 353 g/mol. The van der Waals surface area contributed by atoms with Crippen molar-refractivity contribution in [3.05, 3.63) is 58.9 Å². The van der Waals surface area contributed by atoms with Crippen molar-refractivity contribution in [1.82, 2.24) is 0 Å². The van der Waals surface area contributed by atoms with Gasteiger partial charge in [-0.25, -0.2) is 4.39 Å². The lowest BCUT2D eigenvalue weighted by atomic mass is 10.2. The summed E-state index contributed by atoms with van der Waals surface area (Å²) in [7, 11) is 0. The molecule has 1 amide bonds. The number of hydrogen-bond donors (Lipinski definition) is 1. The number of carbonyl (C=O) groups is 2. The van der Waals surface area contributed by atoms with Gasteiger partial charge in [-0.3, -0.25) is 9.59 Å². The van der Waals surface area contributed by atoms with E-state index in [1.807, 2.05) is 0 Å². The molecule has 0 aliphatic carbocycles. The first kappa shape index (κ1) is 18.3. The van der Waals surface area contributed by atoms with Crippen molar-refractivity contribution in [2.24, 2.45) is 0 Å². The van der Waals surface area contributed by atoms with Crippen LogP contribution in [0.2, 0.25) is 5.02 Å². The van der Waals surface area contributed by atoms with E-state index in [0.717, 1.165) is 17.3 Å². The maximum absolute atomic E-state index is 13.4. The third kappa shape index (κ3) is 5.25. The zero-order chi connectivity index (χ0) is 17.5. The molecular formula is C17H15ClFNO3S. The normalized spacial score (nSPS) is 10.3. The lowest BCUT2D eigenvalue weighted by molar-refractivity contribution is -0.144.